The molecule has 1 rings (SSSR count). The fraction of sp³-hybridized carbons (Fsp3) is 0.364. The van der Waals surface area contributed by atoms with Crippen LogP contribution in [0.3, 0.4) is 0 Å². The monoisotopic (exact) mass is 246 g/mol. The number of carboxylic acid groups (broad SMARTS) is 1. The molecule has 0 spiro atoms. The highest BCUT2D eigenvalue weighted by atomic mass is 35.5. The molecule has 1 N–H and O–H groups in total. The molecule has 0 saturated carbocycles. The maximum atomic E-state index is 13.2. The van der Waals surface area contributed by atoms with Gasteiger partial charge in [0.1, 0.15) is 11.6 Å². The molecule has 0 heterocycles. The molecule has 1 atom stereocenters. The number of hydrogen-bond acceptors (Lipinski definition) is 2. The van der Waals surface area contributed by atoms with Crippen LogP contribution in [0.15, 0.2) is 12.1 Å². The summed E-state index contributed by atoms with van der Waals surface area (Å²) in [6, 6.07) is 2.40. The SMILES string of the molecule is COc1cc(F)cc(C(C)CC(=O)O)c1Cl. The fourth-order valence-corrected chi connectivity index (χ4v) is 1.84. The Morgan fingerprint density at radius 2 is 2.25 bits per heavy atom. The average Bonchev–Trinajstić information content (AvgIpc) is 2.19. The van der Waals surface area contributed by atoms with E-state index >= 15 is 0 Å². The zero-order chi connectivity index (χ0) is 12.3. The molecule has 1 aromatic carbocycles. The van der Waals surface area contributed by atoms with E-state index in [9.17, 15) is 9.18 Å². The van der Waals surface area contributed by atoms with Gasteiger partial charge in [0, 0.05) is 6.07 Å². The van der Waals surface area contributed by atoms with Gasteiger partial charge in [-0.2, -0.15) is 0 Å². The highest BCUT2D eigenvalue weighted by Gasteiger charge is 2.17. The van der Waals surface area contributed by atoms with Crippen molar-refractivity contribution in [3.8, 4) is 5.75 Å². The zero-order valence-electron chi connectivity index (χ0n) is 8.96. The van der Waals surface area contributed by atoms with Gasteiger partial charge in [-0.15, -0.1) is 0 Å². The Hall–Kier alpha value is -1.29. The van der Waals surface area contributed by atoms with Crippen molar-refractivity contribution in [2.45, 2.75) is 19.3 Å². The minimum Gasteiger partial charge on any atom is -0.495 e. The lowest BCUT2D eigenvalue weighted by molar-refractivity contribution is -0.137. The minimum atomic E-state index is -0.952. The van der Waals surface area contributed by atoms with Crippen LogP contribution in [-0.2, 0) is 4.79 Å². The largest absolute Gasteiger partial charge is 0.495 e. The molecule has 0 saturated heterocycles. The topological polar surface area (TPSA) is 46.5 Å². The molecule has 0 aliphatic heterocycles. The second kappa shape index (κ2) is 5.16. The molecule has 0 aliphatic carbocycles. The first-order chi connectivity index (χ1) is 7.45. The first kappa shape index (κ1) is 12.8. The van der Waals surface area contributed by atoms with Crippen LogP contribution in [0.2, 0.25) is 5.02 Å². The molecule has 1 unspecified atom stereocenters. The second-order valence-corrected chi connectivity index (χ2v) is 3.89. The van der Waals surface area contributed by atoms with Crippen molar-refractivity contribution >= 4 is 17.6 Å². The molecule has 0 radical (unpaired) electrons. The van der Waals surface area contributed by atoms with Crippen molar-refractivity contribution < 1.29 is 19.0 Å². The summed E-state index contributed by atoms with van der Waals surface area (Å²) < 4.78 is 18.1. The molecule has 0 aromatic heterocycles. The third-order valence-corrected chi connectivity index (χ3v) is 2.67. The van der Waals surface area contributed by atoms with Crippen LogP contribution in [-0.4, -0.2) is 18.2 Å². The molecule has 88 valence electrons. The Morgan fingerprint density at radius 3 is 2.75 bits per heavy atom. The van der Waals surface area contributed by atoms with Crippen LogP contribution < -0.4 is 4.74 Å². The van der Waals surface area contributed by atoms with Gasteiger partial charge in [-0.25, -0.2) is 4.39 Å². The van der Waals surface area contributed by atoms with Crippen molar-refractivity contribution in [2.75, 3.05) is 7.11 Å². The predicted octanol–water partition coefficient (Wildman–Crippen LogP) is 3.07. The van der Waals surface area contributed by atoms with Crippen LogP contribution >= 0.6 is 11.6 Å². The van der Waals surface area contributed by atoms with Crippen LogP contribution in [0.1, 0.15) is 24.8 Å². The molecule has 0 bridgehead atoms. The standard InChI is InChI=1S/C11H12ClFO3/c1-6(3-10(14)15)8-4-7(13)5-9(16-2)11(8)12/h4-6H,3H2,1-2H3,(H,14,15). The number of hydrogen-bond donors (Lipinski definition) is 1. The van der Waals surface area contributed by atoms with Gasteiger partial charge in [0.2, 0.25) is 0 Å². The second-order valence-electron chi connectivity index (χ2n) is 3.51. The van der Waals surface area contributed by atoms with Crippen LogP contribution in [0.4, 0.5) is 4.39 Å². The van der Waals surface area contributed by atoms with E-state index in [1.165, 1.54) is 19.2 Å². The lowest BCUT2D eigenvalue weighted by atomic mass is 9.97. The van der Waals surface area contributed by atoms with E-state index in [1.54, 1.807) is 6.92 Å². The summed E-state index contributed by atoms with van der Waals surface area (Å²) in [6.45, 7) is 1.67. The zero-order valence-corrected chi connectivity index (χ0v) is 9.71. The van der Waals surface area contributed by atoms with Gasteiger partial charge in [-0.05, 0) is 17.5 Å². The molecule has 0 aliphatic rings. The lowest BCUT2D eigenvalue weighted by Gasteiger charge is -2.14. The van der Waals surface area contributed by atoms with E-state index in [4.69, 9.17) is 21.4 Å². The maximum Gasteiger partial charge on any atom is 0.303 e. The summed E-state index contributed by atoms with van der Waals surface area (Å²) in [6.07, 6.45) is -0.105. The van der Waals surface area contributed by atoms with E-state index in [1.807, 2.05) is 0 Å². The maximum absolute atomic E-state index is 13.2. The van der Waals surface area contributed by atoms with Gasteiger partial charge in [0.25, 0.3) is 0 Å². The van der Waals surface area contributed by atoms with Crippen LogP contribution in [0.5, 0.6) is 5.75 Å². The van der Waals surface area contributed by atoms with E-state index in [2.05, 4.69) is 0 Å². The van der Waals surface area contributed by atoms with Crippen molar-refractivity contribution in [2.24, 2.45) is 0 Å². The fourth-order valence-electron chi connectivity index (χ4n) is 1.46. The smallest absolute Gasteiger partial charge is 0.303 e. The molecule has 3 nitrogen and oxygen atoms in total. The summed E-state index contributed by atoms with van der Waals surface area (Å²) in [5, 5.41) is 8.93. The van der Waals surface area contributed by atoms with Gasteiger partial charge in [0.15, 0.2) is 0 Å². The summed E-state index contributed by atoms with van der Waals surface area (Å²) in [7, 11) is 1.38. The van der Waals surface area contributed by atoms with Crippen molar-refractivity contribution in [1.29, 1.82) is 0 Å². The first-order valence-corrected chi connectivity index (χ1v) is 5.08. The lowest BCUT2D eigenvalue weighted by Crippen LogP contribution is -2.04. The number of ether oxygens (including phenoxy) is 1. The Morgan fingerprint density at radius 1 is 1.62 bits per heavy atom. The Balaban J connectivity index is 3.12. The van der Waals surface area contributed by atoms with Gasteiger partial charge < -0.3 is 9.84 Å². The minimum absolute atomic E-state index is 0.105. The molecular weight excluding hydrogens is 235 g/mol. The van der Waals surface area contributed by atoms with E-state index in [0.29, 0.717) is 5.56 Å². The average molecular weight is 247 g/mol. The number of rotatable bonds is 4. The molecule has 16 heavy (non-hydrogen) atoms. The first-order valence-electron chi connectivity index (χ1n) is 4.70. The highest BCUT2D eigenvalue weighted by Crippen LogP contribution is 2.35. The number of halogens is 2. The Bertz CT molecular complexity index is 406. The third kappa shape index (κ3) is 2.85. The van der Waals surface area contributed by atoms with Gasteiger partial charge in [0.05, 0.1) is 18.6 Å². The molecule has 0 fully saturated rings. The van der Waals surface area contributed by atoms with E-state index in [-0.39, 0.29) is 23.1 Å². The van der Waals surface area contributed by atoms with E-state index < -0.39 is 11.8 Å². The van der Waals surface area contributed by atoms with Crippen molar-refractivity contribution in [1.82, 2.24) is 0 Å². The summed E-state index contributed by atoms with van der Waals surface area (Å²) >= 11 is 5.97. The Kier molecular flexibility index (Phi) is 4.12. The number of carbonyl (C=O) groups is 1. The third-order valence-electron chi connectivity index (χ3n) is 2.26. The molecule has 5 heteroatoms. The number of benzene rings is 1. The summed E-state index contributed by atoms with van der Waals surface area (Å²) in [5.41, 5.74) is 0.445. The van der Waals surface area contributed by atoms with Gasteiger partial charge in [-0.3, -0.25) is 4.79 Å². The van der Waals surface area contributed by atoms with Crippen molar-refractivity contribution in [3.63, 3.8) is 0 Å². The van der Waals surface area contributed by atoms with Crippen molar-refractivity contribution in [3.05, 3.63) is 28.5 Å². The summed E-state index contributed by atoms with van der Waals surface area (Å²) in [4.78, 5) is 10.6. The number of aliphatic carboxylic acids is 1. The van der Waals surface area contributed by atoms with Gasteiger partial charge >= 0.3 is 5.97 Å². The molecule has 0 amide bonds. The molecule has 1 aromatic rings. The van der Waals surface area contributed by atoms with Crippen LogP contribution in [0.25, 0.3) is 0 Å². The van der Waals surface area contributed by atoms with Gasteiger partial charge in [-0.1, -0.05) is 18.5 Å². The molecular formula is C11H12ClFO3. The normalized spacial score (nSPS) is 12.2. The quantitative estimate of drug-likeness (QED) is 0.888. The number of carboxylic acids is 1. The predicted molar refractivity (Wildman–Crippen MR) is 58.6 cm³/mol. The van der Waals surface area contributed by atoms with E-state index in [0.717, 1.165) is 0 Å². The number of methoxy groups -OCH3 is 1. The van der Waals surface area contributed by atoms with Crippen LogP contribution in [0, 0.1) is 5.82 Å². The highest BCUT2D eigenvalue weighted by molar-refractivity contribution is 6.32. The Labute approximate surface area is 97.8 Å². The summed E-state index contributed by atoms with van der Waals surface area (Å²) in [5.74, 6) is -1.59.